The first kappa shape index (κ1) is 10.9. The van der Waals surface area contributed by atoms with Crippen LogP contribution >= 0.6 is 0 Å². The van der Waals surface area contributed by atoms with E-state index < -0.39 is 0 Å². The number of hydrogen-bond acceptors (Lipinski definition) is 2. The molecule has 1 unspecified atom stereocenters. The molecule has 0 saturated heterocycles. The van der Waals surface area contributed by atoms with Crippen LogP contribution in [0.1, 0.15) is 11.4 Å². The first-order valence-corrected chi connectivity index (χ1v) is 5.58. The summed E-state index contributed by atoms with van der Waals surface area (Å²) in [6.07, 6.45) is 5.62. The number of H-pyrrole nitrogens is 1. The van der Waals surface area contributed by atoms with Gasteiger partial charge in [0.15, 0.2) is 0 Å². The van der Waals surface area contributed by atoms with E-state index in [0.29, 0.717) is 6.04 Å². The summed E-state index contributed by atoms with van der Waals surface area (Å²) in [5, 5.41) is 3.33. The Balaban J connectivity index is 1.96. The summed E-state index contributed by atoms with van der Waals surface area (Å²) in [5.74, 6) is 1.04. The molecule has 0 aliphatic rings. The van der Waals surface area contributed by atoms with Gasteiger partial charge in [0.2, 0.25) is 0 Å². The number of benzene rings is 1. The van der Waals surface area contributed by atoms with Crippen LogP contribution in [0.15, 0.2) is 42.7 Å². The second kappa shape index (κ2) is 5.47. The number of aromatic nitrogens is 2. The van der Waals surface area contributed by atoms with E-state index in [0.717, 1.165) is 18.7 Å². The fourth-order valence-corrected chi connectivity index (χ4v) is 1.82. The van der Waals surface area contributed by atoms with E-state index in [1.54, 1.807) is 6.20 Å². The summed E-state index contributed by atoms with van der Waals surface area (Å²) in [4.78, 5) is 7.39. The molecule has 0 bridgehead atoms. The van der Waals surface area contributed by atoms with Crippen molar-refractivity contribution in [3.63, 3.8) is 0 Å². The van der Waals surface area contributed by atoms with Crippen LogP contribution in [0.5, 0.6) is 0 Å². The van der Waals surface area contributed by atoms with Crippen LogP contribution in [-0.2, 0) is 12.8 Å². The van der Waals surface area contributed by atoms with Gasteiger partial charge in [-0.05, 0) is 19.0 Å². The molecule has 1 aromatic heterocycles. The quantitative estimate of drug-likeness (QED) is 0.798. The Morgan fingerprint density at radius 3 is 2.69 bits per heavy atom. The fraction of sp³-hybridized carbons (Fsp3) is 0.308. The van der Waals surface area contributed by atoms with Gasteiger partial charge in [0.25, 0.3) is 0 Å². The highest BCUT2D eigenvalue weighted by atomic mass is 14.9. The molecular weight excluding hydrogens is 198 g/mol. The van der Waals surface area contributed by atoms with E-state index in [9.17, 15) is 0 Å². The van der Waals surface area contributed by atoms with Crippen LogP contribution in [0.4, 0.5) is 0 Å². The van der Waals surface area contributed by atoms with Crippen LogP contribution in [0, 0.1) is 0 Å². The maximum absolute atomic E-state index is 4.25. The average molecular weight is 215 g/mol. The van der Waals surface area contributed by atoms with Gasteiger partial charge in [-0.1, -0.05) is 30.3 Å². The molecule has 0 radical (unpaired) electrons. The van der Waals surface area contributed by atoms with Crippen molar-refractivity contribution in [2.24, 2.45) is 0 Å². The second-order valence-electron chi connectivity index (χ2n) is 3.92. The molecule has 0 amide bonds. The third-order valence-corrected chi connectivity index (χ3v) is 2.73. The maximum atomic E-state index is 4.25. The van der Waals surface area contributed by atoms with Crippen molar-refractivity contribution in [1.82, 2.24) is 15.3 Å². The molecule has 0 aliphatic carbocycles. The fourth-order valence-electron chi connectivity index (χ4n) is 1.82. The van der Waals surface area contributed by atoms with Crippen molar-refractivity contribution < 1.29 is 0 Å². The number of likely N-dealkylation sites (N-methyl/N-ethyl adjacent to an activating group) is 1. The zero-order valence-corrected chi connectivity index (χ0v) is 9.48. The molecule has 0 saturated carbocycles. The molecule has 3 nitrogen and oxygen atoms in total. The van der Waals surface area contributed by atoms with E-state index in [4.69, 9.17) is 0 Å². The Morgan fingerprint density at radius 2 is 2.06 bits per heavy atom. The molecule has 2 aromatic rings. The van der Waals surface area contributed by atoms with Crippen LogP contribution in [0.2, 0.25) is 0 Å². The van der Waals surface area contributed by atoms with Crippen molar-refractivity contribution in [2.45, 2.75) is 18.9 Å². The second-order valence-corrected chi connectivity index (χ2v) is 3.92. The van der Waals surface area contributed by atoms with Gasteiger partial charge < -0.3 is 10.3 Å². The number of rotatable bonds is 5. The third kappa shape index (κ3) is 2.94. The number of imidazole rings is 1. The van der Waals surface area contributed by atoms with Gasteiger partial charge in [0.05, 0.1) is 0 Å². The van der Waals surface area contributed by atoms with Crippen LogP contribution in [0.3, 0.4) is 0 Å². The molecule has 84 valence electrons. The summed E-state index contributed by atoms with van der Waals surface area (Å²) in [6.45, 7) is 0. The van der Waals surface area contributed by atoms with Crippen molar-refractivity contribution >= 4 is 0 Å². The van der Waals surface area contributed by atoms with Crippen LogP contribution in [0.25, 0.3) is 0 Å². The molecule has 1 heterocycles. The van der Waals surface area contributed by atoms with Gasteiger partial charge in [-0.15, -0.1) is 0 Å². The highest BCUT2D eigenvalue weighted by molar-refractivity contribution is 5.16. The van der Waals surface area contributed by atoms with Gasteiger partial charge in [-0.3, -0.25) is 0 Å². The Morgan fingerprint density at radius 1 is 1.25 bits per heavy atom. The van der Waals surface area contributed by atoms with E-state index in [2.05, 4.69) is 39.6 Å². The number of nitrogens with one attached hydrogen (secondary N) is 2. The van der Waals surface area contributed by atoms with Crippen molar-refractivity contribution in [3.8, 4) is 0 Å². The Hall–Kier alpha value is -1.61. The normalized spacial score (nSPS) is 12.6. The highest BCUT2D eigenvalue weighted by Gasteiger charge is 2.09. The monoisotopic (exact) mass is 215 g/mol. The van der Waals surface area contributed by atoms with Crippen molar-refractivity contribution in [1.29, 1.82) is 0 Å². The highest BCUT2D eigenvalue weighted by Crippen LogP contribution is 2.06. The lowest BCUT2D eigenvalue weighted by Crippen LogP contribution is -2.30. The zero-order chi connectivity index (χ0) is 11.2. The van der Waals surface area contributed by atoms with Crippen LogP contribution in [-0.4, -0.2) is 23.1 Å². The summed E-state index contributed by atoms with van der Waals surface area (Å²) in [5.41, 5.74) is 1.36. The zero-order valence-electron chi connectivity index (χ0n) is 9.48. The lowest BCUT2D eigenvalue weighted by Gasteiger charge is -2.14. The maximum Gasteiger partial charge on any atom is 0.107 e. The Bertz CT molecular complexity index is 394. The van der Waals surface area contributed by atoms with Crippen LogP contribution < -0.4 is 5.32 Å². The summed E-state index contributed by atoms with van der Waals surface area (Å²) < 4.78 is 0. The minimum absolute atomic E-state index is 0.425. The van der Waals surface area contributed by atoms with Gasteiger partial charge in [0.1, 0.15) is 5.82 Å². The summed E-state index contributed by atoms with van der Waals surface area (Å²) in [6, 6.07) is 10.9. The molecule has 1 aromatic carbocycles. The summed E-state index contributed by atoms with van der Waals surface area (Å²) >= 11 is 0. The Kier molecular flexibility index (Phi) is 3.72. The smallest absolute Gasteiger partial charge is 0.107 e. The van der Waals surface area contributed by atoms with Crippen molar-refractivity contribution in [2.75, 3.05) is 7.05 Å². The first-order chi connectivity index (χ1) is 7.88. The van der Waals surface area contributed by atoms with E-state index in [-0.39, 0.29) is 0 Å². The largest absolute Gasteiger partial charge is 0.349 e. The number of hydrogen-bond donors (Lipinski definition) is 2. The van der Waals surface area contributed by atoms with E-state index >= 15 is 0 Å². The van der Waals surface area contributed by atoms with E-state index in [1.807, 2.05) is 19.3 Å². The minimum Gasteiger partial charge on any atom is -0.349 e. The lowest BCUT2D eigenvalue weighted by atomic mass is 10.0. The number of aromatic amines is 1. The molecule has 0 aliphatic heterocycles. The molecular formula is C13H17N3. The average Bonchev–Trinajstić information content (AvgIpc) is 2.82. The van der Waals surface area contributed by atoms with Crippen molar-refractivity contribution in [3.05, 3.63) is 54.1 Å². The number of nitrogens with zero attached hydrogens (tertiary/aromatic N) is 1. The molecule has 0 fully saturated rings. The predicted molar refractivity (Wildman–Crippen MR) is 65.3 cm³/mol. The molecule has 3 heteroatoms. The minimum atomic E-state index is 0.425. The van der Waals surface area contributed by atoms with Gasteiger partial charge in [-0.2, -0.15) is 0 Å². The molecule has 2 N–H and O–H groups in total. The molecule has 0 spiro atoms. The standard InChI is InChI=1S/C13H17N3/c1-14-12(10-13-15-7-8-16-13)9-11-5-3-2-4-6-11/h2-8,12,14H,9-10H2,1H3,(H,15,16). The molecule has 1 atom stereocenters. The topological polar surface area (TPSA) is 40.7 Å². The van der Waals surface area contributed by atoms with Gasteiger partial charge in [-0.25, -0.2) is 4.98 Å². The molecule has 2 rings (SSSR count). The predicted octanol–water partition coefficient (Wildman–Crippen LogP) is 1.78. The Labute approximate surface area is 95.9 Å². The van der Waals surface area contributed by atoms with E-state index in [1.165, 1.54) is 5.56 Å². The van der Waals surface area contributed by atoms with Gasteiger partial charge >= 0.3 is 0 Å². The SMILES string of the molecule is CNC(Cc1ccccc1)Cc1ncc[nH]1. The third-order valence-electron chi connectivity index (χ3n) is 2.73. The van der Waals surface area contributed by atoms with Gasteiger partial charge in [0, 0.05) is 24.9 Å². The molecule has 16 heavy (non-hydrogen) atoms. The lowest BCUT2D eigenvalue weighted by molar-refractivity contribution is 0.545. The first-order valence-electron chi connectivity index (χ1n) is 5.58. The summed E-state index contributed by atoms with van der Waals surface area (Å²) in [7, 11) is 2.00.